The number of hydrogen-bond acceptors (Lipinski definition) is 4. The Morgan fingerprint density at radius 3 is 2.73 bits per heavy atom. The normalized spacial score (nSPS) is 12.4. The highest BCUT2D eigenvalue weighted by molar-refractivity contribution is 5.59. The van der Waals surface area contributed by atoms with E-state index in [9.17, 15) is 4.39 Å². The SMILES string of the molecule is Cc1ccccc1C(C)Oc1ncc(F)c(N=CN(C)C)n1. The number of benzene rings is 1. The lowest BCUT2D eigenvalue weighted by Crippen LogP contribution is -2.09. The summed E-state index contributed by atoms with van der Waals surface area (Å²) >= 11 is 0. The van der Waals surface area contributed by atoms with Gasteiger partial charge in [-0.25, -0.2) is 14.4 Å². The minimum Gasteiger partial charge on any atom is -0.455 e. The minimum absolute atomic E-state index is 0.0457. The number of ether oxygens (including phenoxy) is 1. The number of nitrogens with zero attached hydrogens (tertiary/aromatic N) is 4. The van der Waals surface area contributed by atoms with Crippen LogP contribution in [0.1, 0.15) is 24.2 Å². The lowest BCUT2D eigenvalue weighted by Gasteiger charge is -2.15. The number of aryl methyl sites for hydroxylation is 1. The average Bonchev–Trinajstić information content (AvgIpc) is 2.48. The number of rotatable bonds is 5. The second kappa shape index (κ2) is 6.98. The molecule has 0 N–H and O–H groups in total. The van der Waals surface area contributed by atoms with Gasteiger partial charge in [-0.15, -0.1) is 0 Å². The molecule has 1 atom stereocenters. The van der Waals surface area contributed by atoms with Gasteiger partial charge in [-0.1, -0.05) is 24.3 Å². The highest BCUT2D eigenvalue weighted by Gasteiger charge is 2.13. The lowest BCUT2D eigenvalue weighted by molar-refractivity contribution is 0.206. The average molecular weight is 302 g/mol. The van der Waals surface area contributed by atoms with Gasteiger partial charge in [0.15, 0.2) is 11.6 Å². The predicted molar refractivity (Wildman–Crippen MR) is 84.1 cm³/mol. The molecule has 1 aromatic heterocycles. The van der Waals surface area contributed by atoms with Gasteiger partial charge >= 0.3 is 6.01 Å². The Kier molecular flexibility index (Phi) is 5.04. The molecular weight excluding hydrogens is 283 g/mol. The van der Waals surface area contributed by atoms with Crippen LogP contribution in [-0.2, 0) is 0 Å². The highest BCUT2D eigenvalue weighted by Crippen LogP contribution is 2.23. The summed E-state index contributed by atoms with van der Waals surface area (Å²) in [6.07, 6.45) is 2.30. The summed E-state index contributed by atoms with van der Waals surface area (Å²) in [7, 11) is 3.58. The summed E-state index contributed by atoms with van der Waals surface area (Å²) < 4.78 is 19.3. The third kappa shape index (κ3) is 4.00. The van der Waals surface area contributed by atoms with Crippen LogP contribution in [-0.4, -0.2) is 35.3 Å². The van der Waals surface area contributed by atoms with E-state index in [2.05, 4.69) is 15.0 Å². The smallest absolute Gasteiger partial charge is 0.319 e. The molecule has 0 radical (unpaired) electrons. The fourth-order valence-electron chi connectivity index (χ4n) is 1.92. The molecule has 2 aromatic rings. The number of aromatic nitrogens is 2. The Morgan fingerprint density at radius 2 is 2.05 bits per heavy atom. The maximum atomic E-state index is 13.6. The molecule has 0 fully saturated rings. The molecule has 5 nitrogen and oxygen atoms in total. The van der Waals surface area contributed by atoms with Crippen molar-refractivity contribution in [3.05, 3.63) is 47.4 Å². The van der Waals surface area contributed by atoms with E-state index in [1.165, 1.54) is 6.34 Å². The van der Waals surface area contributed by atoms with E-state index in [0.717, 1.165) is 17.3 Å². The molecule has 1 unspecified atom stereocenters. The van der Waals surface area contributed by atoms with Crippen LogP contribution >= 0.6 is 0 Å². The highest BCUT2D eigenvalue weighted by atomic mass is 19.1. The van der Waals surface area contributed by atoms with Crippen molar-refractivity contribution in [1.82, 2.24) is 14.9 Å². The monoisotopic (exact) mass is 302 g/mol. The molecule has 0 spiro atoms. The van der Waals surface area contributed by atoms with Crippen molar-refractivity contribution in [1.29, 1.82) is 0 Å². The van der Waals surface area contributed by atoms with Crippen LogP contribution in [0, 0.1) is 12.7 Å². The van der Waals surface area contributed by atoms with Crippen molar-refractivity contribution < 1.29 is 9.13 Å². The molecule has 6 heteroatoms. The molecule has 1 heterocycles. The first-order chi connectivity index (χ1) is 10.5. The molecule has 116 valence electrons. The van der Waals surface area contributed by atoms with Gasteiger partial charge in [-0.05, 0) is 25.0 Å². The third-order valence-electron chi connectivity index (χ3n) is 3.02. The topological polar surface area (TPSA) is 50.6 Å². The molecule has 0 aliphatic carbocycles. The number of aliphatic imine (C=N–C) groups is 1. The summed E-state index contributed by atoms with van der Waals surface area (Å²) in [6, 6.07) is 8.00. The van der Waals surface area contributed by atoms with E-state index >= 15 is 0 Å². The molecule has 0 saturated carbocycles. The van der Waals surface area contributed by atoms with Gasteiger partial charge in [-0.3, -0.25) is 0 Å². The Labute approximate surface area is 129 Å². The van der Waals surface area contributed by atoms with Gasteiger partial charge in [0, 0.05) is 14.1 Å². The van der Waals surface area contributed by atoms with Crippen LogP contribution in [0.15, 0.2) is 35.5 Å². The summed E-state index contributed by atoms with van der Waals surface area (Å²) in [5.74, 6) is -0.635. The third-order valence-corrected chi connectivity index (χ3v) is 3.02. The second-order valence-corrected chi connectivity index (χ2v) is 5.15. The second-order valence-electron chi connectivity index (χ2n) is 5.15. The van der Waals surface area contributed by atoms with E-state index in [-0.39, 0.29) is 17.9 Å². The van der Waals surface area contributed by atoms with Gasteiger partial charge in [0.05, 0.1) is 12.5 Å². The number of hydrogen-bond donors (Lipinski definition) is 0. The van der Waals surface area contributed by atoms with E-state index in [4.69, 9.17) is 4.74 Å². The standard InChI is InChI=1S/C16H19FN4O/c1-11-7-5-6-8-13(11)12(2)22-16-18-9-14(17)15(20-16)19-10-21(3)4/h5-10,12H,1-4H3. The summed E-state index contributed by atoms with van der Waals surface area (Å²) in [5, 5.41) is 0. The van der Waals surface area contributed by atoms with E-state index in [1.807, 2.05) is 38.1 Å². The predicted octanol–water partition coefficient (Wildman–Crippen LogP) is 3.29. The Balaban J connectivity index is 2.20. The summed E-state index contributed by atoms with van der Waals surface area (Å²) in [4.78, 5) is 13.5. The van der Waals surface area contributed by atoms with Gasteiger partial charge in [0.25, 0.3) is 0 Å². The molecule has 1 aromatic carbocycles. The van der Waals surface area contributed by atoms with E-state index in [1.54, 1.807) is 19.0 Å². The summed E-state index contributed by atoms with van der Waals surface area (Å²) in [5.41, 5.74) is 2.15. The maximum Gasteiger partial charge on any atom is 0.319 e. The summed E-state index contributed by atoms with van der Waals surface area (Å²) in [6.45, 7) is 3.91. The zero-order valence-electron chi connectivity index (χ0n) is 13.1. The van der Waals surface area contributed by atoms with Gasteiger partial charge in [0.2, 0.25) is 0 Å². The zero-order valence-corrected chi connectivity index (χ0v) is 13.1. The van der Waals surface area contributed by atoms with Crippen molar-refractivity contribution in [2.75, 3.05) is 14.1 Å². The Hall–Kier alpha value is -2.50. The fourth-order valence-corrected chi connectivity index (χ4v) is 1.92. The van der Waals surface area contributed by atoms with Crippen LogP contribution in [0.4, 0.5) is 10.2 Å². The van der Waals surface area contributed by atoms with Crippen LogP contribution in [0.5, 0.6) is 6.01 Å². The zero-order chi connectivity index (χ0) is 16.1. The molecule has 0 saturated heterocycles. The van der Waals surface area contributed by atoms with Gasteiger partial charge < -0.3 is 9.64 Å². The first kappa shape index (κ1) is 15.9. The largest absolute Gasteiger partial charge is 0.455 e. The van der Waals surface area contributed by atoms with E-state index < -0.39 is 5.82 Å². The molecule has 0 aliphatic heterocycles. The molecule has 0 aliphatic rings. The van der Waals surface area contributed by atoms with Crippen LogP contribution in [0.3, 0.4) is 0 Å². The van der Waals surface area contributed by atoms with Gasteiger partial charge in [-0.2, -0.15) is 4.98 Å². The van der Waals surface area contributed by atoms with Gasteiger partial charge in [0.1, 0.15) is 6.10 Å². The molecule has 0 bridgehead atoms. The van der Waals surface area contributed by atoms with Crippen LogP contribution in [0.25, 0.3) is 0 Å². The first-order valence-corrected chi connectivity index (χ1v) is 6.92. The van der Waals surface area contributed by atoms with Crippen molar-refractivity contribution in [3.8, 4) is 6.01 Å². The van der Waals surface area contributed by atoms with Crippen LogP contribution in [0.2, 0.25) is 0 Å². The molecular formula is C16H19FN4O. The molecule has 0 amide bonds. The number of halogens is 1. The van der Waals surface area contributed by atoms with Crippen molar-refractivity contribution in [2.45, 2.75) is 20.0 Å². The molecule has 2 rings (SSSR count). The van der Waals surface area contributed by atoms with E-state index in [0.29, 0.717) is 0 Å². The van der Waals surface area contributed by atoms with Crippen molar-refractivity contribution in [2.24, 2.45) is 4.99 Å². The van der Waals surface area contributed by atoms with Crippen molar-refractivity contribution in [3.63, 3.8) is 0 Å². The van der Waals surface area contributed by atoms with Crippen LogP contribution < -0.4 is 4.74 Å². The Bertz CT molecular complexity index is 673. The lowest BCUT2D eigenvalue weighted by atomic mass is 10.1. The minimum atomic E-state index is -0.589. The molecule has 22 heavy (non-hydrogen) atoms. The maximum absolute atomic E-state index is 13.6. The quantitative estimate of drug-likeness (QED) is 0.628. The first-order valence-electron chi connectivity index (χ1n) is 6.92. The Morgan fingerprint density at radius 1 is 1.32 bits per heavy atom. The van der Waals surface area contributed by atoms with Crippen molar-refractivity contribution >= 4 is 12.2 Å². The fraction of sp³-hybridized carbons (Fsp3) is 0.312.